The first-order valence-corrected chi connectivity index (χ1v) is 10.7. The van der Waals surface area contributed by atoms with Gasteiger partial charge in [0, 0.05) is 36.6 Å². The Balaban J connectivity index is 1.48. The van der Waals surface area contributed by atoms with Gasteiger partial charge in [0.15, 0.2) is 0 Å². The van der Waals surface area contributed by atoms with Crippen LogP contribution in [0.15, 0.2) is 77.6 Å². The van der Waals surface area contributed by atoms with E-state index in [1.54, 1.807) is 35.6 Å². The molecule has 10 heteroatoms. The highest BCUT2D eigenvalue weighted by Gasteiger charge is 2.30. The number of anilines is 1. The molecule has 3 heterocycles. The lowest BCUT2D eigenvalue weighted by molar-refractivity contribution is 0.292. The number of hydrogen-bond acceptors (Lipinski definition) is 9. The summed E-state index contributed by atoms with van der Waals surface area (Å²) in [6, 6.07) is 17.9. The number of aliphatic hydroxyl groups excluding tert-OH is 1. The predicted octanol–water partition coefficient (Wildman–Crippen LogP) is 2.71. The Bertz CT molecular complexity index is 1290. The fourth-order valence-electron chi connectivity index (χ4n) is 3.62. The number of nitrogens with zero attached hydrogens (tertiary/aromatic N) is 4. The summed E-state index contributed by atoms with van der Waals surface area (Å²) in [4.78, 5) is 8.65. The second-order valence-electron chi connectivity index (χ2n) is 7.50. The van der Waals surface area contributed by atoms with Crippen LogP contribution in [0.2, 0.25) is 0 Å². The first-order chi connectivity index (χ1) is 16.7. The number of aromatic nitrogens is 3. The lowest BCUT2D eigenvalue weighted by Gasteiger charge is -2.21. The van der Waals surface area contributed by atoms with Crippen LogP contribution in [-0.4, -0.2) is 33.4 Å². The summed E-state index contributed by atoms with van der Waals surface area (Å²) in [6.45, 7) is 1.29. The standard InChI is InChI=1S/C24H22FN7O2/c25-19-3-1-2-4-20(19)32-22(17-9-11-26-12-10-17)21(29-31-32)24-28-23(30-34-24)18-7-5-16(6-8-18)15-27-13-14-33/h1-12,27,29,31,33H,13-15H2. The van der Waals surface area contributed by atoms with Crippen LogP contribution < -0.4 is 21.3 Å². The molecule has 1 aliphatic heterocycles. The molecule has 2 aromatic heterocycles. The summed E-state index contributed by atoms with van der Waals surface area (Å²) in [5.41, 5.74) is 10.1. The Morgan fingerprint density at radius 2 is 1.79 bits per heavy atom. The van der Waals surface area contributed by atoms with E-state index in [0.717, 1.165) is 16.7 Å². The first kappa shape index (κ1) is 21.7. The lowest BCUT2D eigenvalue weighted by atomic mass is 10.1. The van der Waals surface area contributed by atoms with Crippen molar-refractivity contribution in [1.82, 2.24) is 31.4 Å². The minimum atomic E-state index is -0.385. The minimum Gasteiger partial charge on any atom is -0.395 e. The number of para-hydroxylation sites is 1. The van der Waals surface area contributed by atoms with Crippen molar-refractivity contribution in [2.24, 2.45) is 0 Å². The fraction of sp³-hybridized carbons (Fsp3) is 0.125. The molecule has 1 aliphatic rings. The maximum atomic E-state index is 14.6. The van der Waals surface area contributed by atoms with Crippen molar-refractivity contribution in [3.8, 4) is 11.4 Å². The number of hydrazine groups is 2. The van der Waals surface area contributed by atoms with Crippen LogP contribution in [0.1, 0.15) is 17.0 Å². The smallest absolute Gasteiger partial charge is 0.277 e. The van der Waals surface area contributed by atoms with Gasteiger partial charge in [0.1, 0.15) is 11.5 Å². The summed E-state index contributed by atoms with van der Waals surface area (Å²) < 4.78 is 20.2. The number of rotatable bonds is 8. The molecule has 0 amide bonds. The molecule has 34 heavy (non-hydrogen) atoms. The van der Waals surface area contributed by atoms with E-state index in [-0.39, 0.29) is 18.3 Å². The molecule has 4 N–H and O–H groups in total. The number of halogens is 1. The summed E-state index contributed by atoms with van der Waals surface area (Å²) in [5, 5.41) is 17.8. The second kappa shape index (κ2) is 9.79. The van der Waals surface area contributed by atoms with Crippen molar-refractivity contribution in [3.05, 3.63) is 95.9 Å². The van der Waals surface area contributed by atoms with Crippen LogP contribution in [0.4, 0.5) is 10.1 Å². The van der Waals surface area contributed by atoms with E-state index in [0.29, 0.717) is 36.0 Å². The maximum Gasteiger partial charge on any atom is 0.277 e. The normalized spacial score (nSPS) is 13.4. The average molecular weight is 459 g/mol. The van der Waals surface area contributed by atoms with Gasteiger partial charge in [-0.3, -0.25) is 15.4 Å². The third kappa shape index (κ3) is 4.37. The molecular formula is C24H22FN7O2. The molecule has 2 aromatic carbocycles. The van der Waals surface area contributed by atoms with Crippen LogP contribution in [0.25, 0.3) is 22.8 Å². The summed E-state index contributed by atoms with van der Waals surface area (Å²) in [7, 11) is 0. The van der Waals surface area contributed by atoms with E-state index in [1.807, 2.05) is 36.4 Å². The molecule has 0 saturated heterocycles. The van der Waals surface area contributed by atoms with Crippen molar-refractivity contribution >= 4 is 17.1 Å². The van der Waals surface area contributed by atoms with Crippen LogP contribution in [0.3, 0.4) is 0 Å². The van der Waals surface area contributed by atoms with Crippen molar-refractivity contribution in [2.45, 2.75) is 6.54 Å². The van der Waals surface area contributed by atoms with E-state index >= 15 is 0 Å². The number of benzene rings is 2. The molecule has 0 bridgehead atoms. The molecule has 9 nitrogen and oxygen atoms in total. The summed E-state index contributed by atoms with van der Waals surface area (Å²) in [5.74, 6) is 0.295. The molecule has 4 aromatic rings. The van der Waals surface area contributed by atoms with Crippen LogP contribution in [-0.2, 0) is 6.54 Å². The van der Waals surface area contributed by atoms with E-state index in [1.165, 1.54) is 6.07 Å². The molecule has 172 valence electrons. The van der Waals surface area contributed by atoms with Gasteiger partial charge < -0.3 is 14.9 Å². The highest BCUT2D eigenvalue weighted by molar-refractivity contribution is 5.96. The predicted molar refractivity (Wildman–Crippen MR) is 125 cm³/mol. The average Bonchev–Trinajstić information content (AvgIpc) is 3.53. The van der Waals surface area contributed by atoms with Gasteiger partial charge in [-0.15, -0.1) is 5.53 Å². The number of nitrogens with one attached hydrogen (secondary N) is 3. The van der Waals surface area contributed by atoms with Crippen molar-refractivity contribution in [3.63, 3.8) is 0 Å². The van der Waals surface area contributed by atoms with Gasteiger partial charge in [-0.1, -0.05) is 41.6 Å². The van der Waals surface area contributed by atoms with Crippen LogP contribution >= 0.6 is 0 Å². The third-order valence-electron chi connectivity index (χ3n) is 5.27. The zero-order valence-corrected chi connectivity index (χ0v) is 18.1. The van der Waals surface area contributed by atoms with Gasteiger partial charge in [0.2, 0.25) is 5.82 Å². The van der Waals surface area contributed by atoms with Gasteiger partial charge in [0.05, 0.1) is 18.0 Å². The highest BCUT2D eigenvalue weighted by atomic mass is 19.1. The van der Waals surface area contributed by atoms with Crippen molar-refractivity contribution in [2.75, 3.05) is 18.2 Å². The quantitative estimate of drug-likeness (QED) is 0.296. The Kier molecular flexibility index (Phi) is 6.25. The zero-order valence-electron chi connectivity index (χ0n) is 18.1. The van der Waals surface area contributed by atoms with Gasteiger partial charge in [0.25, 0.3) is 5.89 Å². The highest BCUT2D eigenvalue weighted by Crippen LogP contribution is 2.34. The van der Waals surface area contributed by atoms with E-state index in [4.69, 9.17) is 9.63 Å². The SMILES string of the molecule is OCCNCc1ccc(-c2noc(C3=C(c4ccncc4)N(c4ccccc4F)NN3)n2)cc1. The van der Waals surface area contributed by atoms with Crippen molar-refractivity contribution in [1.29, 1.82) is 0 Å². The summed E-state index contributed by atoms with van der Waals surface area (Å²) in [6.07, 6.45) is 3.32. The molecule has 0 saturated carbocycles. The molecule has 0 radical (unpaired) electrons. The lowest BCUT2D eigenvalue weighted by Crippen LogP contribution is -2.38. The number of pyridine rings is 1. The largest absolute Gasteiger partial charge is 0.395 e. The first-order valence-electron chi connectivity index (χ1n) is 10.7. The topological polar surface area (TPSA) is 111 Å². The van der Waals surface area contributed by atoms with Crippen LogP contribution in [0, 0.1) is 5.82 Å². The maximum absolute atomic E-state index is 14.6. The molecule has 5 rings (SSSR count). The third-order valence-corrected chi connectivity index (χ3v) is 5.27. The molecular weight excluding hydrogens is 437 g/mol. The van der Waals surface area contributed by atoms with E-state index in [9.17, 15) is 4.39 Å². The monoisotopic (exact) mass is 459 g/mol. The Labute approximate surface area is 194 Å². The van der Waals surface area contributed by atoms with Gasteiger partial charge >= 0.3 is 0 Å². The number of hydrogen-bond donors (Lipinski definition) is 4. The van der Waals surface area contributed by atoms with Crippen molar-refractivity contribution < 1.29 is 14.0 Å². The molecule has 0 unspecified atom stereocenters. The van der Waals surface area contributed by atoms with Gasteiger partial charge in [-0.05, 0) is 29.8 Å². The zero-order chi connectivity index (χ0) is 23.3. The van der Waals surface area contributed by atoms with Crippen LogP contribution in [0.5, 0.6) is 0 Å². The molecule has 0 spiro atoms. The Morgan fingerprint density at radius 3 is 2.56 bits per heavy atom. The number of aliphatic hydroxyl groups is 1. The minimum absolute atomic E-state index is 0.0955. The van der Waals surface area contributed by atoms with E-state index in [2.05, 4.69) is 31.4 Å². The fourth-order valence-corrected chi connectivity index (χ4v) is 3.62. The van der Waals surface area contributed by atoms with E-state index < -0.39 is 0 Å². The Morgan fingerprint density at radius 1 is 1.00 bits per heavy atom. The Hall–Kier alpha value is -4.12. The summed E-state index contributed by atoms with van der Waals surface area (Å²) >= 11 is 0. The second-order valence-corrected chi connectivity index (χ2v) is 7.50. The van der Waals surface area contributed by atoms with Gasteiger partial charge in [-0.2, -0.15) is 4.98 Å². The molecule has 0 aliphatic carbocycles. The molecule has 0 atom stereocenters. The van der Waals surface area contributed by atoms with Gasteiger partial charge in [-0.25, -0.2) is 4.39 Å². The molecule has 0 fully saturated rings.